The minimum atomic E-state index is -0.0829. The SMILES string of the molecule is COc1cc(C=CCNC(C)=O)cc(OC)c1O. The number of carbonyl (C=O) groups excluding carboxylic acids is 1. The molecule has 5 nitrogen and oxygen atoms in total. The second-order valence-electron chi connectivity index (χ2n) is 3.61. The van der Waals surface area contributed by atoms with Crippen molar-refractivity contribution in [3.05, 3.63) is 23.8 Å². The van der Waals surface area contributed by atoms with Crippen LogP contribution in [0.15, 0.2) is 18.2 Å². The third-order valence-corrected chi connectivity index (χ3v) is 2.28. The zero-order valence-electron chi connectivity index (χ0n) is 10.7. The van der Waals surface area contributed by atoms with Crippen LogP contribution in [-0.2, 0) is 4.79 Å². The molecule has 0 fully saturated rings. The van der Waals surface area contributed by atoms with E-state index >= 15 is 0 Å². The third-order valence-electron chi connectivity index (χ3n) is 2.28. The van der Waals surface area contributed by atoms with Crippen molar-refractivity contribution in [2.24, 2.45) is 0 Å². The first-order valence-corrected chi connectivity index (χ1v) is 5.44. The molecule has 1 rings (SSSR count). The predicted octanol–water partition coefficient (Wildman–Crippen LogP) is 1.56. The lowest BCUT2D eigenvalue weighted by molar-refractivity contribution is -0.118. The van der Waals surface area contributed by atoms with Gasteiger partial charge in [-0.15, -0.1) is 0 Å². The van der Waals surface area contributed by atoms with Crippen molar-refractivity contribution in [1.29, 1.82) is 0 Å². The van der Waals surface area contributed by atoms with Gasteiger partial charge in [0.15, 0.2) is 11.5 Å². The lowest BCUT2D eigenvalue weighted by Gasteiger charge is -2.09. The van der Waals surface area contributed by atoms with E-state index in [-0.39, 0.29) is 11.7 Å². The third kappa shape index (κ3) is 3.69. The molecule has 0 spiro atoms. The average molecular weight is 251 g/mol. The summed E-state index contributed by atoms with van der Waals surface area (Å²) in [6.07, 6.45) is 3.60. The number of carbonyl (C=O) groups is 1. The monoisotopic (exact) mass is 251 g/mol. The molecule has 2 N–H and O–H groups in total. The summed E-state index contributed by atoms with van der Waals surface area (Å²) in [6.45, 7) is 1.90. The Labute approximate surface area is 106 Å². The highest BCUT2D eigenvalue weighted by molar-refractivity contribution is 5.73. The highest BCUT2D eigenvalue weighted by Crippen LogP contribution is 2.37. The van der Waals surface area contributed by atoms with E-state index in [1.54, 1.807) is 24.3 Å². The van der Waals surface area contributed by atoms with Crippen molar-refractivity contribution in [3.63, 3.8) is 0 Å². The molecule has 1 aromatic rings. The van der Waals surface area contributed by atoms with E-state index < -0.39 is 0 Å². The second kappa shape index (κ2) is 6.54. The summed E-state index contributed by atoms with van der Waals surface area (Å²) in [5.41, 5.74) is 0.812. The summed E-state index contributed by atoms with van der Waals surface area (Å²) in [4.78, 5) is 10.7. The molecule has 0 aromatic heterocycles. The van der Waals surface area contributed by atoms with Gasteiger partial charge in [-0.2, -0.15) is 0 Å². The quantitative estimate of drug-likeness (QED) is 0.833. The number of hydrogen-bond acceptors (Lipinski definition) is 4. The van der Waals surface area contributed by atoms with Gasteiger partial charge in [-0.25, -0.2) is 0 Å². The Bertz CT molecular complexity index is 429. The smallest absolute Gasteiger partial charge is 0.217 e. The number of phenols is 1. The minimum absolute atomic E-state index is 0.0287. The molecule has 0 aliphatic heterocycles. The van der Waals surface area contributed by atoms with E-state index in [1.165, 1.54) is 21.1 Å². The maximum absolute atomic E-state index is 10.7. The van der Waals surface area contributed by atoms with E-state index in [0.29, 0.717) is 18.0 Å². The van der Waals surface area contributed by atoms with Gasteiger partial charge >= 0.3 is 0 Å². The molecule has 0 bridgehead atoms. The predicted molar refractivity (Wildman–Crippen MR) is 68.9 cm³/mol. The van der Waals surface area contributed by atoms with E-state index in [0.717, 1.165) is 5.56 Å². The molecule has 0 aliphatic carbocycles. The van der Waals surface area contributed by atoms with Gasteiger partial charge in [0.25, 0.3) is 0 Å². The molecule has 18 heavy (non-hydrogen) atoms. The summed E-state index contributed by atoms with van der Waals surface area (Å²) >= 11 is 0. The maximum atomic E-state index is 10.7. The number of hydrogen-bond donors (Lipinski definition) is 2. The Morgan fingerprint density at radius 1 is 1.33 bits per heavy atom. The van der Waals surface area contributed by atoms with E-state index in [1.807, 2.05) is 0 Å². The fraction of sp³-hybridized carbons (Fsp3) is 0.308. The number of methoxy groups -OCH3 is 2. The molecule has 0 atom stereocenters. The first kappa shape index (κ1) is 13.9. The van der Waals surface area contributed by atoms with Gasteiger partial charge in [0.05, 0.1) is 14.2 Å². The summed E-state index contributed by atoms with van der Waals surface area (Å²) in [5, 5.41) is 12.4. The maximum Gasteiger partial charge on any atom is 0.217 e. The van der Waals surface area contributed by atoms with Gasteiger partial charge in [0.2, 0.25) is 11.7 Å². The lowest BCUT2D eigenvalue weighted by atomic mass is 10.1. The summed E-state index contributed by atoms with van der Waals surface area (Å²) in [6, 6.07) is 3.37. The van der Waals surface area contributed by atoms with Crippen molar-refractivity contribution < 1.29 is 19.4 Å². The number of rotatable bonds is 5. The Hall–Kier alpha value is -2.17. The van der Waals surface area contributed by atoms with Crippen LogP contribution in [0.1, 0.15) is 12.5 Å². The number of amides is 1. The Balaban J connectivity index is 2.86. The van der Waals surface area contributed by atoms with Crippen LogP contribution >= 0.6 is 0 Å². The number of ether oxygens (including phenoxy) is 2. The van der Waals surface area contributed by atoms with Gasteiger partial charge in [0.1, 0.15) is 0 Å². The van der Waals surface area contributed by atoms with Crippen LogP contribution in [0, 0.1) is 0 Å². The molecule has 0 saturated carbocycles. The summed E-state index contributed by atoms with van der Waals surface area (Å²) in [7, 11) is 2.94. The van der Waals surface area contributed by atoms with Crippen LogP contribution in [0.5, 0.6) is 17.2 Å². The number of phenolic OH excluding ortho intramolecular Hbond substituents is 1. The molecule has 0 saturated heterocycles. The molecule has 0 radical (unpaired) electrons. The molecule has 98 valence electrons. The van der Waals surface area contributed by atoms with Gasteiger partial charge in [-0.05, 0) is 17.7 Å². The van der Waals surface area contributed by atoms with Crippen LogP contribution in [-0.4, -0.2) is 31.8 Å². The average Bonchev–Trinajstić information content (AvgIpc) is 2.35. The number of nitrogens with one attached hydrogen (secondary N) is 1. The van der Waals surface area contributed by atoms with Crippen molar-refractivity contribution >= 4 is 12.0 Å². The van der Waals surface area contributed by atoms with Crippen molar-refractivity contribution in [2.75, 3.05) is 20.8 Å². The molecule has 5 heteroatoms. The Kier molecular flexibility index (Phi) is 5.05. The zero-order valence-corrected chi connectivity index (χ0v) is 10.7. The molecule has 0 unspecified atom stereocenters. The lowest BCUT2D eigenvalue weighted by Crippen LogP contribution is -2.19. The first-order chi connectivity index (χ1) is 8.58. The standard InChI is InChI=1S/C13H17NO4/c1-9(15)14-6-4-5-10-7-11(17-2)13(16)12(8-10)18-3/h4-5,7-8,16H,6H2,1-3H3,(H,14,15). The van der Waals surface area contributed by atoms with Crippen molar-refractivity contribution in [3.8, 4) is 17.2 Å². The number of aromatic hydroxyl groups is 1. The van der Waals surface area contributed by atoms with Gasteiger partial charge in [-0.3, -0.25) is 4.79 Å². The molecule has 0 heterocycles. The summed E-state index contributed by atoms with van der Waals surface area (Å²) < 4.78 is 10.1. The van der Waals surface area contributed by atoms with Crippen LogP contribution in [0.25, 0.3) is 6.08 Å². The largest absolute Gasteiger partial charge is 0.502 e. The minimum Gasteiger partial charge on any atom is -0.502 e. The second-order valence-corrected chi connectivity index (χ2v) is 3.61. The fourth-order valence-electron chi connectivity index (χ4n) is 1.41. The number of benzene rings is 1. The topological polar surface area (TPSA) is 67.8 Å². The Morgan fingerprint density at radius 2 is 1.89 bits per heavy atom. The highest BCUT2D eigenvalue weighted by Gasteiger charge is 2.09. The molecule has 0 aliphatic rings. The van der Waals surface area contributed by atoms with Gasteiger partial charge in [-0.1, -0.05) is 12.2 Å². The molecular formula is C13H17NO4. The van der Waals surface area contributed by atoms with Crippen LogP contribution < -0.4 is 14.8 Å². The van der Waals surface area contributed by atoms with E-state index in [2.05, 4.69) is 5.32 Å². The first-order valence-electron chi connectivity index (χ1n) is 5.44. The van der Waals surface area contributed by atoms with Crippen LogP contribution in [0.2, 0.25) is 0 Å². The Morgan fingerprint density at radius 3 is 2.33 bits per heavy atom. The van der Waals surface area contributed by atoms with Crippen molar-refractivity contribution in [2.45, 2.75) is 6.92 Å². The molecule has 1 aromatic carbocycles. The van der Waals surface area contributed by atoms with Crippen molar-refractivity contribution in [1.82, 2.24) is 5.32 Å². The van der Waals surface area contributed by atoms with Crippen LogP contribution in [0.3, 0.4) is 0 Å². The van der Waals surface area contributed by atoms with Gasteiger partial charge in [0, 0.05) is 13.5 Å². The molecular weight excluding hydrogens is 234 g/mol. The summed E-state index contributed by atoms with van der Waals surface area (Å²) in [5.74, 6) is 0.571. The fourth-order valence-corrected chi connectivity index (χ4v) is 1.41. The zero-order chi connectivity index (χ0) is 13.5. The van der Waals surface area contributed by atoms with Gasteiger partial charge < -0.3 is 19.9 Å². The normalized spacial score (nSPS) is 10.4. The highest BCUT2D eigenvalue weighted by atomic mass is 16.5. The molecule has 1 amide bonds. The van der Waals surface area contributed by atoms with Crippen LogP contribution in [0.4, 0.5) is 0 Å². The van der Waals surface area contributed by atoms with E-state index in [4.69, 9.17) is 9.47 Å². The van der Waals surface area contributed by atoms with E-state index in [9.17, 15) is 9.90 Å².